The molecule has 0 fully saturated rings. The van der Waals surface area contributed by atoms with Gasteiger partial charge in [0.1, 0.15) is 12.3 Å². The number of benzene rings is 2. The first kappa shape index (κ1) is 23.0. The van der Waals surface area contributed by atoms with Gasteiger partial charge in [-0.1, -0.05) is 48.5 Å². The molecule has 4 N–H and O–H groups in total. The summed E-state index contributed by atoms with van der Waals surface area (Å²) in [6.45, 7) is 0.703. The molecule has 0 aliphatic heterocycles. The SMILES string of the molecule is Cn1nc(NC(=O)OCC2c3ccccc3-c3ccccc32)cc1C(=O)NCC(C)(O)C(=O)O. The quantitative estimate of drug-likeness (QED) is 0.420. The lowest BCUT2D eigenvalue weighted by atomic mass is 9.98. The molecule has 1 unspecified atom stereocenters. The normalized spacial score (nSPS) is 14.0. The molecule has 0 saturated heterocycles. The fraction of sp³-hybridized carbons (Fsp3) is 0.250. The predicted octanol–water partition coefficient (Wildman–Crippen LogP) is 2.35. The van der Waals surface area contributed by atoms with E-state index in [1.807, 2.05) is 48.5 Å². The van der Waals surface area contributed by atoms with Crippen LogP contribution in [0.4, 0.5) is 10.6 Å². The van der Waals surface area contributed by atoms with Crippen LogP contribution in [0.1, 0.15) is 34.5 Å². The van der Waals surface area contributed by atoms with Gasteiger partial charge in [0, 0.05) is 19.0 Å². The van der Waals surface area contributed by atoms with Gasteiger partial charge in [-0.25, -0.2) is 9.59 Å². The molecule has 10 nitrogen and oxygen atoms in total. The number of rotatable bonds is 7. The van der Waals surface area contributed by atoms with Crippen molar-refractivity contribution in [3.8, 4) is 11.1 Å². The van der Waals surface area contributed by atoms with Gasteiger partial charge in [-0.2, -0.15) is 5.10 Å². The van der Waals surface area contributed by atoms with Gasteiger partial charge in [-0.05, 0) is 29.2 Å². The van der Waals surface area contributed by atoms with Crippen molar-refractivity contribution in [1.82, 2.24) is 15.1 Å². The summed E-state index contributed by atoms with van der Waals surface area (Å²) in [6.07, 6.45) is -0.722. The van der Waals surface area contributed by atoms with Crippen LogP contribution in [-0.2, 0) is 16.6 Å². The highest BCUT2D eigenvalue weighted by Gasteiger charge is 2.31. The maximum absolute atomic E-state index is 12.4. The second kappa shape index (κ2) is 8.99. The maximum Gasteiger partial charge on any atom is 0.412 e. The third-order valence-corrected chi connectivity index (χ3v) is 5.74. The minimum Gasteiger partial charge on any atom is -0.479 e. The van der Waals surface area contributed by atoms with E-state index in [2.05, 4.69) is 15.7 Å². The second-order valence-electron chi connectivity index (χ2n) is 8.25. The molecule has 1 aliphatic rings. The fourth-order valence-corrected chi connectivity index (χ4v) is 3.90. The summed E-state index contributed by atoms with van der Waals surface area (Å²) >= 11 is 0. The van der Waals surface area contributed by atoms with E-state index < -0.39 is 30.1 Å². The van der Waals surface area contributed by atoms with E-state index >= 15 is 0 Å². The van der Waals surface area contributed by atoms with Crippen molar-refractivity contribution < 1.29 is 29.3 Å². The number of fused-ring (bicyclic) bond motifs is 3. The van der Waals surface area contributed by atoms with Crippen LogP contribution in [0.15, 0.2) is 54.6 Å². The lowest BCUT2D eigenvalue weighted by Gasteiger charge is -2.18. The highest BCUT2D eigenvalue weighted by atomic mass is 16.5. The fourth-order valence-electron chi connectivity index (χ4n) is 3.90. The number of nitrogens with one attached hydrogen (secondary N) is 2. The Morgan fingerprint density at radius 1 is 1.09 bits per heavy atom. The van der Waals surface area contributed by atoms with Crippen molar-refractivity contribution in [2.45, 2.75) is 18.4 Å². The molecule has 0 spiro atoms. The molecule has 10 heteroatoms. The van der Waals surface area contributed by atoms with E-state index in [0.29, 0.717) is 0 Å². The van der Waals surface area contributed by atoms with E-state index in [1.165, 1.54) is 17.8 Å². The smallest absolute Gasteiger partial charge is 0.412 e. The summed E-state index contributed by atoms with van der Waals surface area (Å²) in [5.41, 5.74) is 2.37. The highest BCUT2D eigenvalue weighted by Crippen LogP contribution is 2.44. The van der Waals surface area contributed by atoms with Crippen molar-refractivity contribution in [3.63, 3.8) is 0 Å². The standard InChI is InChI=1S/C24H24N4O6/c1-24(33,22(30)31)13-25-21(29)19-11-20(27-28(19)2)26-23(32)34-12-18-16-9-5-3-7-14(16)15-8-4-6-10-17(15)18/h3-11,18,33H,12-13H2,1-2H3,(H,25,29)(H,30,31)(H,26,27,32). The van der Waals surface area contributed by atoms with Gasteiger partial charge in [0.15, 0.2) is 11.4 Å². The lowest BCUT2D eigenvalue weighted by Crippen LogP contribution is -2.46. The predicted molar refractivity (Wildman–Crippen MR) is 122 cm³/mol. The third-order valence-electron chi connectivity index (χ3n) is 5.74. The number of aliphatic carboxylic acids is 1. The summed E-state index contributed by atoms with van der Waals surface area (Å²) in [5.74, 6) is -2.12. The zero-order valence-electron chi connectivity index (χ0n) is 18.6. The van der Waals surface area contributed by atoms with Crippen LogP contribution >= 0.6 is 0 Å². The van der Waals surface area contributed by atoms with E-state index in [1.54, 1.807) is 0 Å². The van der Waals surface area contributed by atoms with Crippen LogP contribution in [0.25, 0.3) is 11.1 Å². The van der Waals surface area contributed by atoms with Gasteiger partial charge in [-0.15, -0.1) is 0 Å². The number of carbonyl (C=O) groups is 3. The van der Waals surface area contributed by atoms with E-state index in [-0.39, 0.29) is 24.0 Å². The zero-order chi connectivity index (χ0) is 24.5. The molecule has 2 amide bonds. The van der Waals surface area contributed by atoms with Crippen molar-refractivity contribution >= 4 is 23.8 Å². The zero-order valence-corrected chi connectivity index (χ0v) is 18.6. The monoisotopic (exact) mass is 464 g/mol. The second-order valence-corrected chi connectivity index (χ2v) is 8.25. The van der Waals surface area contributed by atoms with E-state index in [4.69, 9.17) is 9.84 Å². The summed E-state index contributed by atoms with van der Waals surface area (Å²) < 4.78 is 6.70. The van der Waals surface area contributed by atoms with E-state index in [0.717, 1.165) is 29.2 Å². The van der Waals surface area contributed by atoms with Crippen LogP contribution in [0, 0.1) is 0 Å². The Balaban J connectivity index is 1.38. The number of anilines is 1. The highest BCUT2D eigenvalue weighted by molar-refractivity contribution is 5.95. The van der Waals surface area contributed by atoms with Gasteiger partial charge in [0.2, 0.25) is 0 Å². The number of carboxylic acid groups (broad SMARTS) is 1. The molecule has 2 aromatic carbocycles. The molecular weight excluding hydrogens is 440 g/mol. The molecule has 0 saturated carbocycles. The minimum atomic E-state index is -2.11. The molecule has 3 aromatic rings. The Morgan fingerprint density at radius 3 is 2.26 bits per heavy atom. The topological polar surface area (TPSA) is 143 Å². The van der Waals surface area contributed by atoms with Crippen LogP contribution < -0.4 is 10.6 Å². The average Bonchev–Trinajstić information content (AvgIpc) is 3.33. The van der Waals surface area contributed by atoms with Gasteiger partial charge < -0.3 is 20.3 Å². The minimum absolute atomic E-state index is 0.0649. The summed E-state index contributed by atoms with van der Waals surface area (Å²) in [6, 6.07) is 17.3. The van der Waals surface area contributed by atoms with Crippen LogP contribution in [0.3, 0.4) is 0 Å². The van der Waals surface area contributed by atoms with E-state index in [9.17, 15) is 19.5 Å². The summed E-state index contributed by atoms with van der Waals surface area (Å²) in [5, 5.41) is 27.6. The summed E-state index contributed by atoms with van der Waals surface area (Å²) in [7, 11) is 1.49. The van der Waals surface area contributed by atoms with Crippen molar-refractivity contribution in [2.75, 3.05) is 18.5 Å². The largest absolute Gasteiger partial charge is 0.479 e. The Labute approximate surface area is 195 Å². The number of carbonyl (C=O) groups excluding carboxylic acids is 2. The average molecular weight is 464 g/mol. The van der Waals surface area contributed by atoms with Crippen molar-refractivity contribution in [1.29, 1.82) is 0 Å². The van der Waals surface area contributed by atoms with Gasteiger partial charge >= 0.3 is 12.1 Å². The maximum atomic E-state index is 12.4. The molecule has 34 heavy (non-hydrogen) atoms. The van der Waals surface area contributed by atoms with Crippen LogP contribution in [0.5, 0.6) is 0 Å². The number of aryl methyl sites for hydroxylation is 1. The molecule has 1 aromatic heterocycles. The molecule has 1 atom stereocenters. The molecule has 0 bridgehead atoms. The Hall–Kier alpha value is -4.18. The number of ether oxygens (including phenoxy) is 1. The lowest BCUT2D eigenvalue weighted by molar-refractivity contribution is -0.155. The number of aromatic nitrogens is 2. The van der Waals surface area contributed by atoms with Crippen molar-refractivity contribution in [2.24, 2.45) is 7.05 Å². The van der Waals surface area contributed by atoms with Crippen LogP contribution in [-0.4, -0.2) is 56.7 Å². The molecule has 0 radical (unpaired) electrons. The van der Waals surface area contributed by atoms with Gasteiger partial charge in [0.05, 0.1) is 6.54 Å². The first-order chi connectivity index (χ1) is 16.2. The number of amides is 2. The number of hydrogen-bond donors (Lipinski definition) is 4. The molecule has 1 heterocycles. The molecule has 4 rings (SSSR count). The Bertz CT molecular complexity index is 1220. The first-order valence-electron chi connectivity index (χ1n) is 10.6. The molecule has 176 valence electrons. The Morgan fingerprint density at radius 2 is 1.68 bits per heavy atom. The van der Waals surface area contributed by atoms with Crippen molar-refractivity contribution in [3.05, 3.63) is 71.4 Å². The molecule has 1 aliphatic carbocycles. The number of aliphatic hydroxyl groups is 1. The number of hydrogen-bond acceptors (Lipinski definition) is 6. The third kappa shape index (κ3) is 4.48. The van der Waals surface area contributed by atoms with Gasteiger partial charge in [-0.3, -0.25) is 14.8 Å². The van der Waals surface area contributed by atoms with Crippen LogP contribution in [0.2, 0.25) is 0 Å². The summed E-state index contributed by atoms with van der Waals surface area (Å²) in [4.78, 5) is 35.8. The Kier molecular flexibility index (Phi) is 6.08. The van der Waals surface area contributed by atoms with Gasteiger partial charge in [0.25, 0.3) is 5.91 Å². The first-order valence-corrected chi connectivity index (χ1v) is 10.6. The number of carboxylic acids is 1. The number of nitrogens with zero attached hydrogens (tertiary/aromatic N) is 2. The molecular formula is C24H24N4O6.